The smallest absolute Gasteiger partial charge is 0.264 e. The Balaban J connectivity index is 1.78. The van der Waals surface area contributed by atoms with E-state index in [1.165, 1.54) is 17.9 Å². The predicted octanol–water partition coefficient (Wildman–Crippen LogP) is 1.75. The van der Waals surface area contributed by atoms with E-state index in [0.717, 1.165) is 39.3 Å². The molecular weight excluding hydrogens is 380 g/mol. The zero-order chi connectivity index (χ0) is 19.9. The van der Waals surface area contributed by atoms with Crippen LogP contribution in [0.25, 0.3) is 5.69 Å². The number of aromatic hydroxyl groups is 1. The highest BCUT2D eigenvalue weighted by Crippen LogP contribution is 2.26. The van der Waals surface area contributed by atoms with Gasteiger partial charge in [0.25, 0.3) is 5.56 Å². The first-order chi connectivity index (χ1) is 13.6. The van der Waals surface area contributed by atoms with Gasteiger partial charge in [0, 0.05) is 32.4 Å². The Morgan fingerprint density at radius 3 is 2.86 bits per heavy atom. The highest BCUT2D eigenvalue weighted by Gasteiger charge is 2.15. The van der Waals surface area contributed by atoms with Gasteiger partial charge in [-0.2, -0.15) is 0 Å². The number of nitrogens with zero attached hydrogens (tertiary/aromatic N) is 3. The van der Waals surface area contributed by atoms with Crippen molar-refractivity contribution >= 4 is 18.4 Å². The summed E-state index contributed by atoms with van der Waals surface area (Å²) in [6, 6.07) is 7.10. The molecule has 0 radical (unpaired) electrons. The molecule has 9 heteroatoms. The van der Waals surface area contributed by atoms with Crippen molar-refractivity contribution in [2.45, 2.75) is 6.42 Å². The second-order valence-corrected chi connectivity index (χ2v) is 6.73. The third kappa shape index (κ3) is 4.67. The van der Waals surface area contributed by atoms with Crippen molar-refractivity contribution in [1.29, 1.82) is 0 Å². The van der Waals surface area contributed by atoms with Gasteiger partial charge in [-0.3, -0.25) is 24.2 Å². The van der Waals surface area contributed by atoms with Crippen LogP contribution in [0.4, 0.5) is 0 Å². The van der Waals surface area contributed by atoms with E-state index < -0.39 is 5.56 Å². The maximum absolute atomic E-state index is 12.3. The van der Waals surface area contributed by atoms with Gasteiger partial charge in [-0.25, -0.2) is 0 Å². The second-order valence-electron chi connectivity index (χ2n) is 6.35. The van der Waals surface area contributed by atoms with Crippen LogP contribution in [0, 0.1) is 4.77 Å². The van der Waals surface area contributed by atoms with E-state index in [9.17, 15) is 9.90 Å². The molecule has 1 aromatic carbocycles. The summed E-state index contributed by atoms with van der Waals surface area (Å²) >= 11 is 5.23. The number of morpholine rings is 1. The number of aliphatic imine (C=N–C) groups is 1. The number of methoxy groups -OCH3 is 1. The van der Waals surface area contributed by atoms with Gasteiger partial charge in [0.2, 0.25) is 5.88 Å². The number of rotatable bonds is 7. The average molecular weight is 404 g/mol. The monoisotopic (exact) mass is 404 g/mol. The molecule has 1 saturated heterocycles. The SMILES string of the molecule is COc1ccccc1-n1c(O)c(C=NCCCN2CCOCC2)c(=O)[nH]c1=S. The molecule has 0 amide bonds. The van der Waals surface area contributed by atoms with Gasteiger partial charge in [-0.1, -0.05) is 12.1 Å². The molecule has 150 valence electrons. The zero-order valence-electron chi connectivity index (χ0n) is 15.8. The molecule has 1 aromatic heterocycles. The summed E-state index contributed by atoms with van der Waals surface area (Å²) in [5, 5.41) is 10.7. The van der Waals surface area contributed by atoms with Crippen LogP contribution in [0.5, 0.6) is 11.6 Å². The fourth-order valence-corrected chi connectivity index (χ4v) is 3.34. The largest absolute Gasteiger partial charge is 0.495 e. The molecule has 3 rings (SSSR count). The molecule has 1 fully saturated rings. The van der Waals surface area contributed by atoms with Crippen molar-refractivity contribution < 1.29 is 14.6 Å². The van der Waals surface area contributed by atoms with Gasteiger partial charge >= 0.3 is 0 Å². The second kappa shape index (κ2) is 9.63. The van der Waals surface area contributed by atoms with Crippen LogP contribution in [0.2, 0.25) is 0 Å². The zero-order valence-corrected chi connectivity index (χ0v) is 16.6. The summed E-state index contributed by atoms with van der Waals surface area (Å²) in [4.78, 5) is 21.5. The van der Waals surface area contributed by atoms with E-state index in [1.807, 2.05) is 6.07 Å². The number of H-pyrrole nitrogens is 1. The van der Waals surface area contributed by atoms with Crippen molar-refractivity contribution in [3.05, 3.63) is 45.0 Å². The third-order valence-electron chi connectivity index (χ3n) is 4.53. The fourth-order valence-electron chi connectivity index (χ4n) is 3.06. The first-order valence-corrected chi connectivity index (χ1v) is 9.54. The molecule has 28 heavy (non-hydrogen) atoms. The summed E-state index contributed by atoms with van der Waals surface area (Å²) in [5.41, 5.74) is 0.113. The summed E-state index contributed by atoms with van der Waals surface area (Å²) < 4.78 is 12.1. The Morgan fingerprint density at radius 2 is 2.11 bits per heavy atom. The van der Waals surface area contributed by atoms with Crippen molar-refractivity contribution in [3.63, 3.8) is 0 Å². The highest BCUT2D eigenvalue weighted by molar-refractivity contribution is 7.71. The summed E-state index contributed by atoms with van der Waals surface area (Å²) in [6.45, 7) is 4.88. The minimum Gasteiger partial charge on any atom is -0.495 e. The minimum atomic E-state index is -0.481. The number of aromatic nitrogens is 2. The third-order valence-corrected chi connectivity index (χ3v) is 4.82. The molecule has 1 aliphatic heterocycles. The molecule has 2 N–H and O–H groups in total. The van der Waals surface area contributed by atoms with E-state index in [4.69, 9.17) is 21.7 Å². The summed E-state index contributed by atoms with van der Waals surface area (Å²) in [7, 11) is 1.53. The quantitative estimate of drug-likeness (QED) is 0.415. The maximum atomic E-state index is 12.3. The molecule has 0 atom stereocenters. The van der Waals surface area contributed by atoms with E-state index in [0.29, 0.717) is 18.0 Å². The number of para-hydroxylation sites is 2. The van der Waals surface area contributed by atoms with Gasteiger partial charge < -0.3 is 14.6 Å². The maximum Gasteiger partial charge on any atom is 0.264 e. The molecule has 8 nitrogen and oxygen atoms in total. The Bertz CT molecular complexity index is 948. The van der Waals surface area contributed by atoms with Crippen LogP contribution in [0.15, 0.2) is 34.1 Å². The van der Waals surface area contributed by atoms with Crippen LogP contribution in [0.3, 0.4) is 0 Å². The lowest BCUT2D eigenvalue weighted by Crippen LogP contribution is -2.37. The first-order valence-electron chi connectivity index (χ1n) is 9.13. The summed E-state index contributed by atoms with van der Waals surface area (Å²) in [5.74, 6) is 0.254. The minimum absolute atomic E-state index is 0.0610. The van der Waals surface area contributed by atoms with E-state index in [-0.39, 0.29) is 16.2 Å². The lowest BCUT2D eigenvalue weighted by molar-refractivity contribution is 0.0377. The number of benzene rings is 1. The van der Waals surface area contributed by atoms with Crippen LogP contribution >= 0.6 is 12.2 Å². The van der Waals surface area contributed by atoms with Crippen molar-refractivity contribution in [3.8, 4) is 17.3 Å². The van der Waals surface area contributed by atoms with Gasteiger partial charge in [-0.05, 0) is 30.8 Å². The average Bonchev–Trinajstić information content (AvgIpc) is 2.71. The predicted molar refractivity (Wildman–Crippen MR) is 110 cm³/mol. The fraction of sp³-hybridized carbons (Fsp3) is 0.421. The topological polar surface area (TPSA) is 92.1 Å². The highest BCUT2D eigenvalue weighted by atomic mass is 32.1. The first kappa shape index (κ1) is 20.2. The molecule has 0 bridgehead atoms. The van der Waals surface area contributed by atoms with Crippen LogP contribution in [-0.4, -0.2) is 72.3 Å². The molecule has 0 spiro atoms. The molecule has 2 heterocycles. The molecule has 0 aliphatic carbocycles. The number of hydrogen-bond donors (Lipinski definition) is 2. The number of hydrogen-bond acceptors (Lipinski definition) is 7. The number of ether oxygens (including phenoxy) is 2. The van der Waals surface area contributed by atoms with Gasteiger partial charge in [-0.15, -0.1) is 0 Å². The molecule has 0 unspecified atom stereocenters. The van der Waals surface area contributed by atoms with Crippen LogP contribution in [0.1, 0.15) is 12.0 Å². The van der Waals surface area contributed by atoms with Gasteiger partial charge in [0.15, 0.2) is 4.77 Å². The van der Waals surface area contributed by atoms with E-state index in [1.54, 1.807) is 18.2 Å². The number of nitrogens with one attached hydrogen (secondary N) is 1. The molecule has 2 aromatic rings. The van der Waals surface area contributed by atoms with Crippen molar-refractivity contribution in [1.82, 2.24) is 14.5 Å². The standard InChI is InChI=1S/C19H24N4O4S/c1-26-16-6-3-2-5-15(16)23-18(25)14(17(24)21-19(23)28)13-20-7-4-8-22-9-11-27-12-10-22/h2-3,5-6,13,25H,4,7-12H2,1H3,(H,21,24,28). The van der Waals surface area contributed by atoms with E-state index >= 15 is 0 Å². The van der Waals surface area contributed by atoms with Crippen molar-refractivity contribution in [2.75, 3.05) is 46.5 Å². The van der Waals surface area contributed by atoms with Gasteiger partial charge in [0.05, 0.1) is 26.0 Å². The molecule has 0 saturated carbocycles. The normalized spacial score (nSPS) is 15.2. The Labute approximate surface area is 168 Å². The van der Waals surface area contributed by atoms with Crippen LogP contribution in [-0.2, 0) is 4.74 Å². The lowest BCUT2D eigenvalue weighted by atomic mass is 10.2. The Kier molecular flexibility index (Phi) is 6.96. The Morgan fingerprint density at radius 1 is 1.36 bits per heavy atom. The summed E-state index contributed by atoms with van der Waals surface area (Å²) in [6.07, 6.45) is 2.26. The van der Waals surface area contributed by atoms with Crippen LogP contribution < -0.4 is 10.3 Å². The van der Waals surface area contributed by atoms with Crippen molar-refractivity contribution in [2.24, 2.45) is 4.99 Å². The number of aromatic amines is 1. The van der Waals surface area contributed by atoms with Gasteiger partial charge in [0.1, 0.15) is 11.3 Å². The molecule has 1 aliphatic rings. The lowest BCUT2D eigenvalue weighted by Gasteiger charge is -2.26. The van der Waals surface area contributed by atoms with E-state index in [2.05, 4.69) is 14.9 Å². The molecular formula is C19H24N4O4S. The Hall–Kier alpha value is -2.49.